The van der Waals surface area contributed by atoms with E-state index in [1.54, 1.807) is 24.3 Å². The Labute approximate surface area is 147 Å². The number of nitrogens with one attached hydrogen (secondary N) is 2. The second kappa shape index (κ2) is 7.18. The first kappa shape index (κ1) is 17.3. The summed E-state index contributed by atoms with van der Waals surface area (Å²) in [7, 11) is 1.29. The van der Waals surface area contributed by atoms with Crippen molar-refractivity contribution < 1.29 is 18.7 Å². The summed E-state index contributed by atoms with van der Waals surface area (Å²) in [6, 6.07) is 11.6. The minimum Gasteiger partial charge on any atom is -0.465 e. The molecule has 0 fully saturated rings. The zero-order chi connectivity index (χ0) is 18.7. The maximum atomic E-state index is 13.3. The van der Waals surface area contributed by atoms with Crippen molar-refractivity contribution in [2.24, 2.45) is 0 Å². The Morgan fingerprint density at radius 2 is 1.96 bits per heavy atom. The van der Waals surface area contributed by atoms with Gasteiger partial charge in [-0.3, -0.25) is 9.59 Å². The third-order valence-electron chi connectivity index (χ3n) is 3.85. The number of esters is 1. The normalized spacial score (nSPS) is 10.5. The zero-order valence-electron chi connectivity index (χ0n) is 13.8. The van der Waals surface area contributed by atoms with Crippen LogP contribution in [0.25, 0.3) is 10.9 Å². The van der Waals surface area contributed by atoms with Crippen molar-refractivity contribution >= 4 is 22.8 Å². The third kappa shape index (κ3) is 3.61. The SMILES string of the molecule is COC(=O)c1cccc(CNC(=O)c2cc(=O)[nH]c3cc(F)ccc23)c1. The van der Waals surface area contributed by atoms with Crippen molar-refractivity contribution in [1.82, 2.24) is 10.3 Å². The van der Waals surface area contributed by atoms with Gasteiger partial charge in [0.15, 0.2) is 0 Å². The van der Waals surface area contributed by atoms with E-state index in [9.17, 15) is 18.8 Å². The largest absolute Gasteiger partial charge is 0.465 e. The minimum atomic E-state index is -0.509. The van der Waals surface area contributed by atoms with E-state index < -0.39 is 23.3 Å². The van der Waals surface area contributed by atoms with E-state index in [1.165, 1.54) is 25.3 Å². The molecule has 2 aromatic carbocycles. The van der Waals surface area contributed by atoms with E-state index in [0.29, 0.717) is 16.5 Å². The summed E-state index contributed by atoms with van der Waals surface area (Å²) in [5, 5.41) is 3.13. The second-order valence-corrected chi connectivity index (χ2v) is 5.61. The van der Waals surface area contributed by atoms with Crippen LogP contribution in [-0.2, 0) is 11.3 Å². The van der Waals surface area contributed by atoms with Crippen LogP contribution < -0.4 is 10.9 Å². The number of aromatic amines is 1. The van der Waals surface area contributed by atoms with Gasteiger partial charge < -0.3 is 15.0 Å². The highest BCUT2D eigenvalue weighted by molar-refractivity contribution is 6.05. The fourth-order valence-corrected chi connectivity index (χ4v) is 2.62. The Morgan fingerprint density at radius 1 is 1.15 bits per heavy atom. The number of carbonyl (C=O) groups is 2. The number of carbonyl (C=O) groups excluding carboxylic acids is 2. The number of rotatable bonds is 4. The lowest BCUT2D eigenvalue weighted by Crippen LogP contribution is -2.25. The lowest BCUT2D eigenvalue weighted by atomic mass is 10.1. The molecule has 0 saturated heterocycles. The summed E-state index contributed by atoms with van der Waals surface area (Å²) in [5.41, 5.74) is 0.960. The van der Waals surface area contributed by atoms with Crippen molar-refractivity contribution in [2.45, 2.75) is 6.54 Å². The molecule has 1 aromatic heterocycles. The van der Waals surface area contributed by atoms with Crippen molar-refractivity contribution in [3.63, 3.8) is 0 Å². The highest BCUT2D eigenvalue weighted by Crippen LogP contribution is 2.16. The number of benzene rings is 2. The molecule has 6 nitrogen and oxygen atoms in total. The average molecular weight is 354 g/mol. The molecule has 7 heteroatoms. The van der Waals surface area contributed by atoms with Gasteiger partial charge in [-0.25, -0.2) is 9.18 Å². The van der Waals surface area contributed by atoms with Gasteiger partial charge in [0.2, 0.25) is 5.56 Å². The molecule has 0 radical (unpaired) electrons. The predicted molar refractivity (Wildman–Crippen MR) is 93.5 cm³/mol. The maximum Gasteiger partial charge on any atom is 0.337 e. The Kier molecular flexibility index (Phi) is 4.79. The van der Waals surface area contributed by atoms with Crippen LogP contribution in [0, 0.1) is 5.82 Å². The quantitative estimate of drug-likeness (QED) is 0.704. The van der Waals surface area contributed by atoms with Crippen LogP contribution >= 0.6 is 0 Å². The van der Waals surface area contributed by atoms with Crippen molar-refractivity contribution in [3.8, 4) is 0 Å². The van der Waals surface area contributed by atoms with Gasteiger partial charge in [0, 0.05) is 18.0 Å². The number of hydrogen-bond acceptors (Lipinski definition) is 4. The van der Waals surface area contributed by atoms with Gasteiger partial charge in [0.05, 0.1) is 23.8 Å². The first-order valence-electron chi connectivity index (χ1n) is 7.76. The van der Waals surface area contributed by atoms with E-state index in [0.717, 1.165) is 6.07 Å². The Bertz CT molecular complexity index is 1060. The predicted octanol–water partition coefficient (Wildman–Crippen LogP) is 2.38. The molecule has 0 atom stereocenters. The van der Waals surface area contributed by atoms with Gasteiger partial charge in [-0.1, -0.05) is 12.1 Å². The van der Waals surface area contributed by atoms with Gasteiger partial charge in [0.1, 0.15) is 5.82 Å². The van der Waals surface area contributed by atoms with Gasteiger partial charge in [-0.2, -0.15) is 0 Å². The van der Waals surface area contributed by atoms with E-state index >= 15 is 0 Å². The standard InChI is InChI=1S/C19H15FN2O4/c1-26-19(25)12-4-2-3-11(7-12)10-21-18(24)15-9-17(23)22-16-8-13(20)5-6-14(15)16/h2-9H,10H2,1H3,(H,21,24)(H,22,23). The molecule has 0 aliphatic heterocycles. The molecule has 3 rings (SSSR count). The number of hydrogen-bond donors (Lipinski definition) is 2. The summed E-state index contributed by atoms with van der Waals surface area (Å²) in [4.78, 5) is 38.3. The summed E-state index contributed by atoms with van der Waals surface area (Å²) in [6.07, 6.45) is 0. The number of amides is 1. The molecule has 0 aliphatic carbocycles. The number of halogens is 1. The second-order valence-electron chi connectivity index (χ2n) is 5.61. The van der Waals surface area contributed by atoms with Gasteiger partial charge in [0.25, 0.3) is 5.91 Å². The van der Waals surface area contributed by atoms with Gasteiger partial charge >= 0.3 is 5.97 Å². The smallest absolute Gasteiger partial charge is 0.337 e. The first-order chi connectivity index (χ1) is 12.5. The average Bonchev–Trinajstić information content (AvgIpc) is 2.64. The Hall–Kier alpha value is -3.48. The molecule has 1 amide bonds. The van der Waals surface area contributed by atoms with Gasteiger partial charge in [-0.05, 0) is 35.9 Å². The zero-order valence-corrected chi connectivity index (χ0v) is 13.8. The van der Waals surface area contributed by atoms with Crippen LogP contribution in [0.2, 0.25) is 0 Å². The Balaban J connectivity index is 1.84. The summed E-state index contributed by atoms with van der Waals surface area (Å²) < 4.78 is 18.0. The molecule has 0 unspecified atom stereocenters. The minimum absolute atomic E-state index is 0.146. The number of H-pyrrole nitrogens is 1. The fourth-order valence-electron chi connectivity index (χ4n) is 2.62. The van der Waals surface area contributed by atoms with E-state index in [4.69, 9.17) is 0 Å². The molecule has 26 heavy (non-hydrogen) atoms. The summed E-state index contributed by atoms with van der Waals surface area (Å²) in [6.45, 7) is 0.152. The molecule has 3 aromatic rings. The van der Waals surface area contributed by atoms with E-state index in [2.05, 4.69) is 15.0 Å². The van der Waals surface area contributed by atoms with Crippen molar-refractivity contribution in [3.05, 3.63) is 81.4 Å². The lowest BCUT2D eigenvalue weighted by molar-refractivity contribution is 0.0600. The molecule has 2 N–H and O–H groups in total. The van der Waals surface area contributed by atoms with Crippen LogP contribution in [0.15, 0.2) is 53.3 Å². The van der Waals surface area contributed by atoms with Crippen LogP contribution in [0.3, 0.4) is 0 Å². The molecular weight excluding hydrogens is 339 g/mol. The molecule has 0 bridgehead atoms. The van der Waals surface area contributed by atoms with Crippen LogP contribution in [0.1, 0.15) is 26.3 Å². The highest BCUT2D eigenvalue weighted by Gasteiger charge is 2.13. The fraction of sp³-hybridized carbons (Fsp3) is 0.105. The summed E-state index contributed by atoms with van der Waals surface area (Å²) >= 11 is 0. The number of aromatic nitrogens is 1. The molecular formula is C19H15FN2O4. The van der Waals surface area contributed by atoms with Crippen LogP contribution in [-0.4, -0.2) is 24.0 Å². The number of methoxy groups -OCH3 is 1. The monoisotopic (exact) mass is 354 g/mol. The third-order valence-corrected chi connectivity index (χ3v) is 3.85. The number of ether oxygens (including phenoxy) is 1. The lowest BCUT2D eigenvalue weighted by Gasteiger charge is -2.09. The highest BCUT2D eigenvalue weighted by atomic mass is 19.1. The molecule has 0 aliphatic rings. The molecule has 132 valence electrons. The van der Waals surface area contributed by atoms with Crippen molar-refractivity contribution in [1.29, 1.82) is 0 Å². The van der Waals surface area contributed by atoms with Gasteiger partial charge in [-0.15, -0.1) is 0 Å². The Morgan fingerprint density at radius 3 is 2.73 bits per heavy atom. The molecule has 0 spiro atoms. The maximum absolute atomic E-state index is 13.3. The van der Waals surface area contributed by atoms with E-state index in [-0.39, 0.29) is 17.6 Å². The molecule has 1 heterocycles. The number of fused-ring (bicyclic) bond motifs is 1. The molecule has 0 saturated carbocycles. The van der Waals surface area contributed by atoms with E-state index in [1.807, 2.05) is 0 Å². The van der Waals surface area contributed by atoms with Crippen LogP contribution in [0.5, 0.6) is 0 Å². The van der Waals surface area contributed by atoms with Crippen LogP contribution in [0.4, 0.5) is 4.39 Å². The van der Waals surface area contributed by atoms with Crippen molar-refractivity contribution in [2.75, 3.05) is 7.11 Å². The summed E-state index contributed by atoms with van der Waals surface area (Å²) in [5.74, 6) is -1.46. The first-order valence-corrected chi connectivity index (χ1v) is 7.76. The number of pyridine rings is 1. The topological polar surface area (TPSA) is 88.3 Å².